The van der Waals surface area contributed by atoms with E-state index in [4.69, 9.17) is 21.1 Å². The van der Waals surface area contributed by atoms with E-state index in [1.807, 2.05) is 32.0 Å². The highest BCUT2D eigenvalue weighted by Crippen LogP contribution is 2.28. The number of halogens is 2. The van der Waals surface area contributed by atoms with Crippen molar-refractivity contribution in [1.82, 2.24) is 5.32 Å². The van der Waals surface area contributed by atoms with Crippen molar-refractivity contribution in [2.45, 2.75) is 20.4 Å². The highest BCUT2D eigenvalue weighted by molar-refractivity contribution is 6.33. The summed E-state index contributed by atoms with van der Waals surface area (Å²) in [5.41, 5.74) is 1.74. The third-order valence-electron chi connectivity index (χ3n) is 3.72. The van der Waals surface area contributed by atoms with Crippen LogP contribution in [0.2, 0.25) is 5.02 Å². The normalized spacial score (nSPS) is 10.1. The van der Waals surface area contributed by atoms with Crippen LogP contribution in [0.1, 0.15) is 19.4 Å². The Hall–Kier alpha value is -2.22. The Balaban J connectivity index is 0.00000392. The second-order valence-electron chi connectivity index (χ2n) is 5.67. The number of hydrogen-bond acceptors (Lipinski definition) is 6. The number of rotatable bonds is 11. The molecule has 154 valence electrons. The Morgan fingerprint density at radius 2 is 1.75 bits per heavy atom. The minimum atomic E-state index is -0.468. The molecule has 0 heterocycles. The second kappa shape index (κ2) is 12.3. The van der Waals surface area contributed by atoms with E-state index in [0.717, 1.165) is 17.1 Å². The number of nitrogens with one attached hydrogen (secondary N) is 2. The maximum atomic E-state index is 10.7. The lowest BCUT2D eigenvalue weighted by molar-refractivity contribution is -0.384. The molecule has 0 aliphatic carbocycles. The fraction of sp³-hybridized carbons (Fsp3) is 0.368. The van der Waals surface area contributed by atoms with Crippen LogP contribution in [0.4, 0.5) is 11.4 Å². The minimum Gasteiger partial charge on any atom is -0.490 e. The number of nitro groups is 1. The molecule has 0 saturated carbocycles. The van der Waals surface area contributed by atoms with Gasteiger partial charge >= 0.3 is 0 Å². The maximum absolute atomic E-state index is 10.7. The second-order valence-corrected chi connectivity index (χ2v) is 6.08. The number of benzene rings is 2. The van der Waals surface area contributed by atoms with E-state index < -0.39 is 4.92 Å². The van der Waals surface area contributed by atoms with Gasteiger partial charge in [-0.3, -0.25) is 10.1 Å². The van der Waals surface area contributed by atoms with Crippen molar-refractivity contribution in [3.8, 4) is 11.5 Å². The first-order valence-electron chi connectivity index (χ1n) is 8.82. The van der Waals surface area contributed by atoms with E-state index in [9.17, 15) is 10.1 Å². The van der Waals surface area contributed by atoms with Crippen molar-refractivity contribution >= 4 is 35.4 Å². The predicted molar refractivity (Wildman–Crippen MR) is 114 cm³/mol. The third-order valence-corrected chi connectivity index (χ3v) is 4.03. The SMILES string of the molecule is CCOc1ccc(CNCCNc2ccc([N+](=O)[O-])cc2Cl)cc1OCC.Cl. The number of non-ortho nitro benzene ring substituents is 1. The number of anilines is 1. The Kier molecular flexibility index (Phi) is 10.4. The molecule has 0 amide bonds. The molecule has 2 N–H and O–H groups in total. The molecule has 2 aromatic carbocycles. The molecule has 0 radical (unpaired) electrons. The zero-order chi connectivity index (χ0) is 19.6. The van der Waals surface area contributed by atoms with Crippen LogP contribution in [-0.4, -0.2) is 31.2 Å². The van der Waals surface area contributed by atoms with Gasteiger partial charge in [-0.2, -0.15) is 0 Å². The summed E-state index contributed by atoms with van der Waals surface area (Å²) in [7, 11) is 0. The van der Waals surface area contributed by atoms with Gasteiger partial charge in [-0.25, -0.2) is 0 Å². The van der Waals surface area contributed by atoms with Gasteiger partial charge in [-0.15, -0.1) is 12.4 Å². The van der Waals surface area contributed by atoms with Crippen molar-refractivity contribution in [1.29, 1.82) is 0 Å². The summed E-state index contributed by atoms with van der Waals surface area (Å²) in [4.78, 5) is 10.3. The fourth-order valence-corrected chi connectivity index (χ4v) is 2.73. The smallest absolute Gasteiger partial charge is 0.271 e. The molecule has 2 aromatic rings. The van der Waals surface area contributed by atoms with Crippen LogP contribution in [0.5, 0.6) is 11.5 Å². The van der Waals surface area contributed by atoms with Crippen LogP contribution in [0, 0.1) is 10.1 Å². The lowest BCUT2D eigenvalue weighted by Gasteiger charge is -2.13. The Morgan fingerprint density at radius 1 is 1.04 bits per heavy atom. The summed E-state index contributed by atoms with van der Waals surface area (Å²) in [6, 6.07) is 10.3. The number of nitrogens with zero attached hydrogens (tertiary/aromatic N) is 1. The lowest BCUT2D eigenvalue weighted by atomic mass is 10.2. The number of ether oxygens (including phenoxy) is 2. The van der Waals surface area contributed by atoms with Crippen LogP contribution in [-0.2, 0) is 6.54 Å². The van der Waals surface area contributed by atoms with Crippen LogP contribution in [0.25, 0.3) is 0 Å². The summed E-state index contributed by atoms with van der Waals surface area (Å²) in [5.74, 6) is 1.49. The molecular formula is C19H25Cl2N3O4. The molecule has 9 heteroatoms. The van der Waals surface area contributed by atoms with Gasteiger partial charge in [0, 0.05) is 31.8 Å². The molecule has 0 bridgehead atoms. The molecule has 0 unspecified atom stereocenters. The third kappa shape index (κ3) is 7.07. The van der Waals surface area contributed by atoms with E-state index in [2.05, 4.69) is 10.6 Å². The summed E-state index contributed by atoms with van der Waals surface area (Å²) < 4.78 is 11.2. The van der Waals surface area contributed by atoms with E-state index in [1.54, 1.807) is 6.07 Å². The van der Waals surface area contributed by atoms with Gasteiger partial charge in [0.25, 0.3) is 5.69 Å². The van der Waals surface area contributed by atoms with Gasteiger partial charge in [0.2, 0.25) is 0 Å². The molecule has 0 aliphatic rings. The number of nitro benzene ring substituents is 1. The molecule has 2 rings (SSSR count). The first-order chi connectivity index (χ1) is 13.0. The van der Waals surface area contributed by atoms with Crippen LogP contribution >= 0.6 is 24.0 Å². The van der Waals surface area contributed by atoms with Crippen LogP contribution in [0.3, 0.4) is 0 Å². The molecule has 0 fully saturated rings. The van der Waals surface area contributed by atoms with Gasteiger partial charge in [-0.1, -0.05) is 17.7 Å². The molecule has 0 aliphatic heterocycles. The average molecular weight is 430 g/mol. The quantitative estimate of drug-likeness (QED) is 0.306. The predicted octanol–water partition coefficient (Wildman–Crippen LogP) is 4.67. The van der Waals surface area contributed by atoms with Gasteiger partial charge in [0.05, 0.1) is 28.8 Å². The average Bonchev–Trinajstić information content (AvgIpc) is 2.64. The highest BCUT2D eigenvalue weighted by atomic mass is 35.5. The van der Waals surface area contributed by atoms with Gasteiger partial charge < -0.3 is 20.1 Å². The van der Waals surface area contributed by atoms with Crippen molar-refractivity contribution in [2.75, 3.05) is 31.6 Å². The van der Waals surface area contributed by atoms with Crippen LogP contribution < -0.4 is 20.1 Å². The molecule has 0 atom stereocenters. The molecule has 0 spiro atoms. The zero-order valence-electron chi connectivity index (χ0n) is 15.9. The van der Waals surface area contributed by atoms with Gasteiger partial charge in [0.1, 0.15) is 0 Å². The molecule has 28 heavy (non-hydrogen) atoms. The summed E-state index contributed by atoms with van der Waals surface area (Å²) in [6.07, 6.45) is 0. The fourth-order valence-electron chi connectivity index (χ4n) is 2.48. The summed E-state index contributed by atoms with van der Waals surface area (Å²) in [5, 5.41) is 17.5. The molecule has 7 nitrogen and oxygen atoms in total. The van der Waals surface area contributed by atoms with Crippen molar-refractivity contribution in [3.63, 3.8) is 0 Å². The van der Waals surface area contributed by atoms with E-state index in [0.29, 0.717) is 43.6 Å². The molecular weight excluding hydrogens is 405 g/mol. The van der Waals surface area contributed by atoms with Crippen LogP contribution in [0.15, 0.2) is 36.4 Å². The topological polar surface area (TPSA) is 85.7 Å². The Labute approximate surface area is 175 Å². The first-order valence-corrected chi connectivity index (χ1v) is 9.20. The Bertz CT molecular complexity index is 775. The largest absolute Gasteiger partial charge is 0.490 e. The first kappa shape index (κ1) is 23.8. The monoisotopic (exact) mass is 429 g/mol. The van der Waals surface area contributed by atoms with E-state index in [-0.39, 0.29) is 18.1 Å². The minimum absolute atomic E-state index is 0. The number of hydrogen-bond donors (Lipinski definition) is 2. The molecule has 0 aromatic heterocycles. The van der Waals surface area contributed by atoms with Crippen molar-refractivity contribution < 1.29 is 14.4 Å². The van der Waals surface area contributed by atoms with E-state index >= 15 is 0 Å². The summed E-state index contributed by atoms with van der Waals surface area (Å²) in [6.45, 7) is 7.07. The maximum Gasteiger partial charge on any atom is 0.271 e. The van der Waals surface area contributed by atoms with Crippen molar-refractivity contribution in [3.05, 3.63) is 57.1 Å². The highest BCUT2D eigenvalue weighted by Gasteiger charge is 2.09. The van der Waals surface area contributed by atoms with E-state index in [1.165, 1.54) is 12.1 Å². The standard InChI is InChI=1S/C19H24ClN3O4.ClH/c1-3-26-18-8-5-14(11-19(18)27-4-2)13-21-9-10-22-17-7-6-15(23(24)25)12-16(17)20;/h5-8,11-12,21-22H,3-4,9-10,13H2,1-2H3;1H. The van der Waals surface area contributed by atoms with Gasteiger partial charge in [-0.05, 0) is 37.6 Å². The molecule has 0 saturated heterocycles. The zero-order valence-corrected chi connectivity index (χ0v) is 17.4. The Morgan fingerprint density at radius 3 is 2.39 bits per heavy atom. The lowest BCUT2D eigenvalue weighted by Crippen LogP contribution is -2.22. The van der Waals surface area contributed by atoms with Crippen molar-refractivity contribution in [2.24, 2.45) is 0 Å². The summed E-state index contributed by atoms with van der Waals surface area (Å²) >= 11 is 6.06. The van der Waals surface area contributed by atoms with Gasteiger partial charge in [0.15, 0.2) is 11.5 Å².